The van der Waals surface area contributed by atoms with Crippen molar-refractivity contribution in [1.29, 1.82) is 0 Å². The molecule has 0 aromatic heterocycles. The first-order valence-electron chi connectivity index (χ1n) is 8.74. The number of halogens is 2. The number of carbonyl (C=O) groups excluding carboxylic acids is 1. The molecule has 1 heterocycles. The topological polar surface area (TPSA) is 32.7 Å². The number of aryl methyl sites for hydroxylation is 1. The van der Waals surface area contributed by atoms with E-state index in [0.717, 1.165) is 31.3 Å². The van der Waals surface area contributed by atoms with Gasteiger partial charge in [-0.2, -0.15) is 0 Å². The Labute approximate surface area is 180 Å². The normalized spacial score (nSPS) is 15.2. The maximum Gasteiger partial charge on any atom is 0.282 e. The SMILES string of the molecule is Cc1cccc(N2C(=O)/C(=C\c3ccc(Br)cc3)N=C2c2ccc(Br)cc2)c1. The molecule has 0 unspecified atom stereocenters. The summed E-state index contributed by atoms with van der Waals surface area (Å²) < 4.78 is 1.97. The highest BCUT2D eigenvalue weighted by Gasteiger charge is 2.32. The fourth-order valence-corrected chi connectivity index (χ4v) is 3.56. The molecule has 0 radical (unpaired) electrons. The monoisotopic (exact) mass is 494 g/mol. The Morgan fingerprint density at radius 3 is 2.18 bits per heavy atom. The molecule has 5 heteroatoms. The van der Waals surface area contributed by atoms with Gasteiger partial charge in [0.25, 0.3) is 5.91 Å². The lowest BCUT2D eigenvalue weighted by Gasteiger charge is -2.19. The van der Waals surface area contributed by atoms with Crippen LogP contribution in [0.4, 0.5) is 5.69 Å². The number of amides is 1. The minimum Gasteiger partial charge on any atom is -0.266 e. The summed E-state index contributed by atoms with van der Waals surface area (Å²) in [7, 11) is 0. The predicted octanol–water partition coefficient (Wildman–Crippen LogP) is 6.35. The van der Waals surface area contributed by atoms with E-state index in [2.05, 4.69) is 31.9 Å². The second kappa shape index (κ2) is 7.86. The standard InChI is InChI=1S/C23H16Br2N2O/c1-15-3-2-4-20(13-15)27-22(17-7-11-19(25)12-8-17)26-21(23(27)28)14-16-5-9-18(24)10-6-16/h2-14H,1H3/b21-14+. The number of hydrogen-bond donors (Lipinski definition) is 0. The molecule has 28 heavy (non-hydrogen) atoms. The Bertz CT molecular complexity index is 1100. The van der Waals surface area contributed by atoms with E-state index < -0.39 is 0 Å². The van der Waals surface area contributed by atoms with Gasteiger partial charge in [0.05, 0.1) is 5.69 Å². The van der Waals surface area contributed by atoms with Gasteiger partial charge in [0, 0.05) is 14.5 Å². The van der Waals surface area contributed by atoms with Gasteiger partial charge < -0.3 is 0 Å². The van der Waals surface area contributed by atoms with Crippen LogP contribution in [-0.4, -0.2) is 11.7 Å². The fourth-order valence-electron chi connectivity index (χ4n) is 3.03. The second-order valence-corrected chi connectivity index (χ2v) is 8.33. The van der Waals surface area contributed by atoms with Crippen LogP contribution in [0.5, 0.6) is 0 Å². The van der Waals surface area contributed by atoms with E-state index in [9.17, 15) is 4.79 Å². The minimum atomic E-state index is -0.133. The van der Waals surface area contributed by atoms with Crippen LogP contribution in [0.15, 0.2) is 92.4 Å². The Hall–Kier alpha value is -2.50. The number of aliphatic imine (C=N–C) groups is 1. The molecule has 0 saturated carbocycles. The quantitative estimate of drug-likeness (QED) is 0.389. The number of rotatable bonds is 3. The Morgan fingerprint density at radius 1 is 0.893 bits per heavy atom. The number of carbonyl (C=O) groups is 1. The third-order valence-electron chi connectivity index (χ3n) is 4.40. The first-order chi connectivity index (χ1) is 13.5. The van der Waals surface area contributed by atoms with E-state index in [0.29, 0.717) is 11.5 Å². The van der Waals surface area contributed by atoms with Crippen molar-refractivity contribution in [3.63, 3.8) is 0 Å². The summed E-state index contributed by atoms with van der Waals surface area (Å²) in [6, 6.07) is 23.5. The number of amidine groups is 1. The third kappa shape index (κ3) is 3.86. The van der Waals surface area contributed by atoms with Crippen LogP contribution in [0.1, 0.15) is 16.7 Å². The predicted molar refractivity (Wildman–Crippen MR) is 121 cm³/mol. The molecular formula is C23H16Br2N2O. The van der Waals surface area contributed by atoms with E-state index in [-0.39, 0.29) is 5.91 Å². The molecule has 1 aliphatic rings. The molecule has 4 rings (SSSR count). The van der Waals surface area contributed by atoms with E-state index in [1.54, 1.807) is 4.90 Å². The average molecular weight is 496 g/mol. The number of anilines is 1. The molecule has 0 atom stereocenters. The number of benzene rings is 3. The zero-order chi connectivity index (χ0) is 19.7. The molecule has 1 aliphatic heterocycles. The van der Waals surface area contributed by atoms with E-state index in [4.69, 9.17) is 4.99 Å². The largest absolute Gasteiger partial charge is 0.282 e. The van der Waals surface area contributed by atoms with Crippen molar-refractivity contribution in [2.24, 2.45) is 4.99 Å². The van der Waals surface area contributed by atoms with Crippen LogP contribution >= 0.6 is 31.9 Å². The maximum absolute atomic E-state index is 13.3. The number of hydrogen-bond acceptors (Lipinski definition) is 2. The molecule has 3 nitrogen and oxygen atoms in total. The van der Waals surface area contributed by atoms with Gasteiger partial charge in [-0.05, 0) is 60.5 Å². The fraction of sp³-hybridized carbons (Fsp3) is 0.0435. The molecule has 0 N–H and O–H groups in total. The molecule has 1 amide bonds. The Kier molecular flexibility index (Phi) is 5.29. The molecule has 0 fully saturated rings. The van der Waals surface area contributed by atoms with Gasteiger partial charge in [0.15, 0.2) is 0 Å². The summed E-state index contributed by atoms with van der Waals surface area (Å²) in [6.07, 6.45) is 1.82. The van der Waals surface area contributed by atoms with Crippen LogP contribution in [0.2, 0.25) is 0 Å². The van der Waals surface area contributed by atoms with Gasteiger partial charge in [-0.15, -0.1) is 0 Å². The molecule has 0 bridgehead atoms. The highest BCUT2D eigenvalue weighted by molar-refractivity contribution is 9.10. The lowest BCUT2D eigenvalue weighted by Crippen LogP contribution is -2.32. The van der Waals surface area contributed by atoms with Gasteiger partial charge in [0.1, 0.15) is 11.5 Å². The van der Waals surface area contributed by atoms with Crippen molar-refractivity contribution < 1.29 is 4.79 Å². The molecular weight excluding hydrogens is 480 g/mol. The molecule has 3 aromatic rings. The first-order valence-corrected chi connectivity index (χ1v) is 10.3. The lowest BCUT2D eigenvalue weighted by molar-refractivity contribution is -0.113. The Morgan fingerprint density at radius 2 is 1.54 bits per heavy atom. The summed E-state index contributed by atoms with van der Waals surface area (Å²) in [4.78, 5) is 19.6. The van der Waals surface area contributed by atoms with Gasteiger partial charge in [-0.3, -0.25) is 9.69 Å². The molecule has 0 spiro atoms. The van der Waals surface area contributed by atoms with Gasteiger partial charge in [-0.1, -0.05) is 68.3 Å². The van der Waals surface area contributed by atoms with Gasteiger partial charge in [-0.25, -0.2) is 4.99 Å². The smallest absolute Gasteiger partial charge is 0.266 e. The first kappa shape index (κ1) is 18.8. The molecule has 138 valence electrons. The van der Waals surface area contributed by atoms with Crippen LogP contribution in [0.3, 0.4) is 0 Å². The van der Waals surface area contributed by atoms with Gasteiger partial charge >= 0.3 is 0 Å². The van der Waals surface area contributed by atoms with Crippen LogP contribution in [0, 0.1) is 6.92 Å². The van der Waals surface area contributed by atoms with Crippen molar-refractivity contribution in [3.05, 3.63) is 104 Å². The lowest BCUT2D eigenvalue weighted by atomic mass is 10.1. The van der Waals surface area contributed by atoms with Crippen molar-refractivity contribution in [3.8, 4) is 0 Å². The van der Waals surface area contributed by atoms with Crippen LogP contribution < -0.4 is 4.90 Å². The maximum atomic E-state index is 13.3. The zero-order valence-electron chi connectivity index (χ0n) is 15.1. The zero-order valence-corrected chi connectivity index (χ0v) is 18.2. The number of nitrogens with zero attached hydrogens (tertiary/aromatic N) is 2. The average Bonchev–Trinajstić information content (AvgIpc) is 3.00. The van der Waals surface area contributed by atoms with Crippen LogP contribution in [-0.2, 0) is 4.79 Å². The summed E-state index contributed by atoms with van der Waals surface area (Å²) in [6.45, 7) is 2.01. The van der Waals surface area contributed by atoms with Crippen molar-refractivity contribution in [1.82, 2.24) is 0 Å². The molecule has 0 aliphatic carbocycles. The van der Waals surface area contributed by atoms with Crippen molar-refractivity contribution in [2.75, 3.05) is 4.90 Å². The highest BCUT2D eigenvalue weighted by atomic mass is 79.9. The minimum absolute atomic E-state index is 0.133. The van der Waals surface area contributed by atoms with E-state index >= 15 is 0 Å². The van der Waals surface area contributed by atoms with Crippen molar-refractivity contribution >= 4 is 55.4 Å². The van der Waals surface area contributed by atoms with E-state index in [1.807, 2.05) is 85.8 Å². The van der Waals surface area contributed by atoms with E-state index in [1.165, 1.54) is 0 Å². The summed E-state index contributed by atoms with van der Waals surface area (Å²) in [5.41, 5.74) is 4.13. The summed E-state index contributed by atoms with van der Waals surface area (Å²) in [5, 5.41) is 0. The van der Waals surface area contributed by atoms with Crippen molar-refractivity contribution in [2.45, 2.75) is 6.92 Å². The van der Waals surface area contributed by atoms with Crippen LogP contribution in [0.25, 0.3) is 6.08 Å². The summed E-state index contributed by atoms with van der Waals surface area (Å²) >= 11 is 6.90. The molecule has 3 aromatic carbocycles. The summed E-state index contributed by atoms with van der Waals surface area (Å²) in [5.74, 6) is 0.498. The van der Waals surface area contributed by atoms with Gasteiger partial charge in [0.2, 0.25) is 0 Å². The third-order valence-corrected chi connectivity index (χ3v) is 5.45. The highest BCUT2D eigenvalue weighted by Crippen LogP contribution is 2.29. The Balaban J connectivity index is 1.82. The molecule has 0 saturated heterocycles. The second-order valence-electron chi connectivity index (χ2n) is 6.50.